The lowest BCUT2D eigenvalue weighted by atomic mass is 9.88. The van der Waals surface area contributed by atoms with E-state index in [-0.39, 0.29) is 16.2 Å². The molecule has 0 aliphatic carbocycles. The van der Waals surface area contributed by atoms with Crippen LogP contribution in [0.15, 0.2) is 29.2 Å². The fourth-order valence-electron chi connectivity index (χ4n) is 2.80. The van der Waals surface area contributed by atoms with Crippen LogP contribution in [0.1, 0.15) is 30.0 Å². The van der Waals surface area contributed by atoms with Gasteiger partial charge in [0.1, 0.15) is 11.5 Å². The number of nitrogens with one attached hydrogen (secondary N) is 2. The number of hydrogen-bond donors (Lipinski definition) is 2. The number of H-pyrrole nitrogens is 1. The topological polar surface area (TPSA) is 95.2 Å². The minimum atomic E-state index is -3.47. The Morgan fingerprint density at radius 3 is 2.40 bits per heavy atom. The van der Waals surface area contributed by atoms with Crippen LogP contribution in [0.5, 0.6) is 0 Å². The number of aromatic amines is 1. The van der Waals surface area contributed by atoms with Crippen molar-refractivity contribution in [3.05, 3.63) is 35.7 Å². The van der Waals surface area contributed by atoms with Crippen molar-refractivity contribution in [1.29, 1.82) is 0 Å². The number of carbonyl (C=O) groups excluding carboxylic acids is 1. The number of nitrogens with zero attached hydrogens (tertiary/aromatic N) is 2. The fourth-order valence-corrected chi connectivity index (χ4v) is 3.70. The summed E-state index contributed by atoms with van der Waals surface area (Å²) in [5.41, 5.74) is 1.89. The maximum Gasteiger partial charge on any atom is 0.271 e. The summed E-state index contributed by atoms with van der Waals surface area (Å²) in [4.78, 5) is 20.1. The number of benzene rings is 1. The van der Waals surface area contributed by atoms with Crippen molar-refractivity contribution < 1.29 is 13.2 Å². The van der Waals surface area contributed by atoms with Crippen LogP contribution < -0.4 is 5.32 Å². The lowest BCUT2D eigenvalue weighted by Crippen LogP contribution is -2.32. The summed E-state index contributed by atoms with van der Waals surface area (Å²) in [6.45, 7) is 4.77. The number of amides is 1. The lowest BCUT2D eigenvalue weighted by Gasteiger charge is -2.21. The first kappa shape index (κ1) is 17.6. The second-order valence-corrected chi connectivity index (χ2v) is 9.40. The maximum atomic E-state index is 12.2. The maximum absolute atomic E-state index is 12.2. The van der Waals surface area contributed by atoms with Gasteiger partial charge in [0.15, 0.2) is 0 Å². The van der Waals surface area contributed by atoms with E-state index in [9.17, 15) is 13.2 Å². The molecule has 7 nitrogen and oxygen atoms in total. The highest BCUT2D eigenvalue weighted by Gasteiger charge is 2.30. The van der Waals surface area contributed by atoms with E-state index in [0.717, 1.165) is 11.3 Å². The SMILES string of the molecule is CN(C)S(=O)(=O)c1ccc(-c2nc3c([nH]2)CC(C)(C)CNC3=O)cc1. The number of aromatic nitrogens is 2. The average molecular weight is 362 g/mol. The van der Waals surface area contributed by atoms with Gasteiger partial charge in [0.2, 0.25) is 10.0 Å². The van der Waals surface area contributed by atoms with E-state index in [1.54, 1.807) is 24.3 Å². The number of fused-ring (bicyclic) bond motifs is 1. The van der Waals surface area contributed by atoms with Crippen LogP contribution in [0.2, 0.25) is 0 Å². The number of hydrogen-bond acceptors (Lipinski definition) is 4. The Morgan fingerprint density at radius 2 is 1.80 bits per heavy atom. The van der Waals surface area contributed by atoms with Gasteiger partial charge >= 0.3 is 0 Å². The summed E-state index contributed by atoms with van der Waals surface area (Å²) in [6.07, 6.45) is 0.709. The van der Waals surface area contributed by atoms with E-state index < -0.39 is 10.0 Å². The highest BCUT2D eigenvalue weighted by molar-refractivity contribution is 7.89. The Morgan fingerprint density at radius 1 is 1.16 bits per heavy atom. The zero-order valence-electron chi connectivity index (χ0n) is 14.8. The van der Waals surface area contributed by atoms with Crippen LogP contribution in [0.25, 0.3) is 11.4 Å². The highest BCUT2D eigenvalue weighted by Crippen LogP contribution is 2.28. The zero-order valence-corrected chi connectivity index (χ0v) is 15.6. The predicted molar refractivity (Wildman–Crippen MR) is 94.7 cm³/mol. The van der Waals surface area contributed by atoms with E-state index in [0.29, 0.717) is 24.5 Å². The van der Waals surface area contributed by atoms with Crippen LogP contribution >= 0.6 is 0 Å². The Hall–Kier alpha value is -2.19. The molecule has 0 bridgehead atoms. The first-order valence-corrected chi connectivity index (χ1v) is 9.44. The summed E-state index contributed by atoms with van der Waals surface area (Å²) in [7, 11) is -0.482. The van der Waals surface area contributed by atoms with Gasteiger partial charge in [0, 0.05) is 31.9 Å². The quantitative estimate of drug-likeness (QED) is 0.868. The third-order valence-electron chi connectivity index (χ3n) is 4.28. The number of sulfonamides is 1. The Bertz CT molecular complexity index is 912. The Balaban J connectivity index is 1.97. The Labute approximate surface area is 147 Å². The molecule has 1 aliphatic heterocycles. The second-order valence-electron chi connectivity index (χ2n) is 7.25. The molecule has 8 heteroatoms. The van der Waals surface area contributed by atoms with Crippen LogP contribution in [-0.4, -0.2) is 49.2 Å². The van der Waals surface area contributed by atoms with E-state index in [1.165, 1.54) is 18.4 Å². The van der Waals surface area contributed by atoms with E-state index in [4.69, 9.17) is 0 Å². The molecule has 0 saturated heterocycles. The number of carbonyl (C=O) groups is 1. The zero-order chi connectivity index (χ0) is 18.4. The first-order valence-electron chi connectivity index (χ1n) is 8.00. The molecule has 0 spiro atoms. The van der Waals surface area contributed by atoms with Gasteiger partial charge < -0.3 is 10.3 Å². The average Bonchev–Trinajstić information content (AvgIpc) is 2.91. The molecule has 1 aromatic carbocycles. The van der Waals surface area contributed by atoms with Crippen LogP contribution in [0.4, 0.5) is 0 Å². The van der Waals surface area contributed by atoms with Crippen molar-refractivity contribution >= 4 is 15.9 Å². The summed E-state index contributed by atoms with van der Waals surface area (Å²) in [5.74, 6) is 0.376. The van der Waals surface area contributed by atoms with Crippen molar-refractivity contribution in [1.82, 2.24) is 19.6 Å². The molecule has 0 saturated carbocycles. The standard InChI is InChI=1S/C17H22N4O3S/c1-17(2)9-13-14(16(22)18-10-17)20-15(19-13)11-5-7-12(8-6-11)25(23,24)21(3)4/h5-8H,9-10H2,1-4H3,(H,18,22)(H,19,20). The summed E-state index contributed by atoms with van der Waals surface area (Å²) < 4.78 is 25.5. The molecular formula is C17H22N4O3S. The fraction of sp³-hybridized carbons (Fsp3) is 0.412. The van der Waals surface area contributed by atoms with Crippen molar-refractivity contribution in [3.63, 3.8) is 0 Å². The van der Waals surface area contributed by atoms with Gasteiger partial charge in [-0.3, -0.25) is 4.79 Å². The normalized spacial score (nSPS) is 17.1. The van der Waals surface area contributed by atoms with E-state index >= 15 is 0 Å². The minimum Gasteiger partial charge on any atom is -0.350 e. The van der Waals surface area contributed by atoms with Gasteiger partial charge in [0.25, 0.3) is 5.91 Å². The molecule has 2 heterocycles. The van der Waals surface area contributed by atoms with Crippen LogP contribution in [-0.2, 0) is 16.4 Å². The van der Waals surface area contributed by atoms with Crippen molar-refractivity contribution in [2.24, 2.45) is 5.41 Å². The molecule has 0 unspecified atom stereocenters. The van der Waals surface area contributed by atoms with Gasteiger partial charge in [0.05, 0.1) is 4.90 Å². The molecule has 25 heavy (non-hydrogen) atoms. The van der Waals surface area contributed by atoms with Crippen molar-refractivity contribution in [2.45, 2.75) is 25.2 Å². The van der Waals surface area contributed by atoms with Gasteiger partial charge in [-0.2, -0.15) is 0 Å². The monoisotopic (exact) mass is 362 g/mol. The predicted octanol–water partition coefficient (Wildman–Crippen LogP) is 1.64. The molecule has 3 rings (SSSR count). The summed E-state index contributed by atoms with van der Waals surface area (Å²) in [6, 6.07) is 6.47. The molecule has 0 atom stereocenters. The summed E-state index contributed by atoms with van der Waals surface area (Å²) in [5, 5.41) is 2.89. The van der Waals surface area contributed by atoms with E-state index in [2.05, 4.69) is 29.1 Å². The minimum absolute atomic E-state index is 0.0612. The van der Waals surface area contributed by atoms with Gasteiger partial charge in [-0.15, -0.1) is 0 Å². The van der Waals surface area contributed by atoms with E-state index in [1.807, 2.05) is 0 Å². The largest absolute Gasteiger partial charge is 0.350 e. The first-order chi connectivity index (χ1) is 11.6. The van der Waals surface area contributed by atoms with Crippen molar-refractivity contribution in [2.75, 3.05) is 20.6 Å². The molecule has 1 amide bonds. The smallest absolute Gasteiger partial charge is 0.271 e. The molecule has 0 radical (unpaired) electrons. The van der Waals surface area contributed by atoms with Crippen LogP contribution in [0.3, 0.4) is 0 Å². The molecule has 2 N–H and O–H groups in total. The van der Waals surface area contributed by atoms with Gasteiger partial charge in [-0.05, 0) is 36.1 Å². The second kappa shape index (κ2) is 5.96. The molecule has 134 valence electrons. The van der Waals surface area contributed by atoms with Gasteiger partial charge in [-0.1, -0.05) is 13.8 Å². The lowest BCUT2D eigenvalue weighted by molar-refractivity contribution is 0.0940. The molecule has 1 aromatic heterocycles. The third kappa shape index (κ3) is 3.32. The number of imidazole rings is 1. The van der Waals surface area contributed by atoms with Crippen molar-refractivity contribution in [3.8, 4) is 11.4 Å². The van der Waals surface area contributed by atoms with Gasteiger partial charge in [-0.25, -0.2) is 17.7 Å². The summed E-state index contributed by atoms with van der Waals surface area (Å²) >= 11 is 0. The molecule has 2 aromatic rings. The molecule has 1 aliphatic rings. The van der Waals surface area contributed by atoms with Crippen LogP contribution in [0, 0.1) is 5.41 Å². The number of rotatable bonds is 3. The molecular weight excluding hydrogens is 340 g/mol. The highest BCUT2D eigenvalue weighted by atomic mass is 32.2. The Kier molecular flexibility index (Phi) is 4.20. The molecule has 0 fully saturated rings. The third-order valence-corrected chi connectivity index (χ3v) is 6.11.